The fourth-order valence-corrected chi connectivity index (χ4v) is 4.46. The normalized spacial score (nSPS) is 16.8. The van der Waals surface area contributed by atoms with Crippen LogP contribution in [0.4, 0.5) is 0 Å². The van der Waals surface area contributed by atoms with Crippen molar-refractivity contribution in [2.75, 3.05) is 26.3 Å². The third-order valence-corrected chi connectivity index (χ3v) is 6.16. The molecule has 0 N–H and O–H groups in total. The van der Waals surface area contributed by atoms with E-state index in [9.17, 15) is 14.4 Å². The highest BCUT2D eigenvalue weighted by Gasteiger charge is 2.40. The summed E-state index contributed by atoms with van der Waals surface area (Å²) in [6, 6.07) is 9.43. The molecule has 2 aromatic heterocycles. The van der Waals surface area contributed by atoms with E-state index in [0.29, 0.717) is 58.5 Å². The molecule has 2 aliphatic heterocycles. The van der Waals surface area contributed by atoms with Crippen LogP contribution in [-0.2, 0) is 4.74 Å². The number of carbonyl (C=O) groups is 3. The Morgan fingerprint density at radius 2 is 1.73 bits per heavy atom. The van der Waals surface area contributed by atoms with Crippen LogP contribution in [0.15, 0.2) is 42.6 Å². The number of amides is 3. The van der Waals surface area contributed by atoms with Crippen molar-refractivity contribution in [2.24, 2.45) is 0 Å². The standard InChI is InChI=1S/C22H19IN6O4/c1-13(28-20(31)15-4-2-3-5-16(15)21(28)32)18-25-22(23)26-29(18)17-7-6-14(12-24-17)19(30)27-8-10-33-11-9-27/h2-7,12-13H,8-11H2,1H3. The Hall–Kier alpha value is -3.19. The minimum absolute atomic E-state index is 0.106. The number of carbonyl (C=O) groups excluding carboxylic acids is 3. The lowest BCUT2D eigenvalue weighted by atomic mass is 10.1. The van der Waals surface area contributed by atoms with E-state index in [2.05, 4.69) is 15.1 Å². The number of pyridine rings is 1. The highest BCUT2D eigenvalue weighted by Crippen LogP contribution is 2.31. The number of morpholine rings is 1. The van der Waals surface area contributed by atoms with Gasteiger partial charge in [0.15, 0.2) is 11.6 Å². The number of ether oxygens (including phenoxy) is 1. The lowest BCUT2D eigenvalue weighted by Gasteiger charge is -2.26. The van der Waals surface area contributed by atoms with Gasteiger partial charge in [-0.2, -0.15) is 4.68 Å². The number of fused-ring (bicyclic) bond motifs is 1. The van der Waals surface area contributed by atoms with Crippen LogP contribution in [-0.4, -0.2) is 73.6 Å². The Kier molecular flexibility index (Phi) is 5.66. The van der Waals surface area contributed by atoms with E-state index in [1.165, 1.54) is 15.8 Å². The second-order valence-corrected chi connectivity index (χ2v) is 8.63. The van der Waals surface area contributed by atoms with Crippen LogP contribution in [0.5, 0.6) is 0 Å². The van der Waals surface area contributed by atoms with Gasteiger partial charge in [-0.15, -0.1) is 5.10 Å². The number of halogens is 1. The first kappa shape index (κ1) is 21.6. The molecule has 168 valence electrons. The predicted octanol–water partition coefficient (Wildman–Crippen LogP) is 2.10. The number of benzene rings is 1. The van der Waals surface area contributed by atoms with E-state index in [0.717, 1.165) is 0 Å². The van der Waals surface area contributed by atoms with Gasteiger partial charge < -0.3 is 9.64 Å². The third-order valence-electron chi connectivity index (χ3n) is 5.70. The van der Waals surface area contributed by atoms with Crippen molar-refractivity contribution in [2.45, 2.75) is 13.0 Å². The van der Waals surface area contributed by atoms with Gasteiger partial charge in [-0.25, -0.2) is 9.97 Å². The Morgan fingerprint density at radius 3 is 2.33 bits per heavy atom. The Labute approximate surface area is 202 Å². The molecular formula is C22H19IN6O4. The van der Waals surface area contributed by atoms with Crippen molar-refractivity contribution in [3.05, 3.63) is 68.9 Å². The summed E-state index contributed by atoms with van der Waals surface area (Å²) < 4.78 is 7.24. The second-order valence-electron chi connectivity index (χ2n) is 7.66. The monoisotopic (exact) mass is 558 g/mol. The first-order valence-electron chi connectivity index (χ1n) is 10.4. The molecule has 0 spiro atoms. The molecule has 33 heavy (non-hydrogen) atoms. The Morgan fingerprint density at radius 1 is 1.06 bits per heavy atom. The maximum absolute atomic E-state index is 12.9. The fraction of sp³-hybridized carbons (Fsp3) is 0.273. The number of hydrogen-bond acceptors (Lipinski definition) is 7. The van der Waals surface area contributed by atoms with Gasteiger partial charge in [-0.1, -0.05) is 12.1 Å². The van der Waals surface area contributed by atoms with E-state index in [1.807, 2.05) is 22.6 Å². The highest BCUT2D eigenvalue weighted by molar-refractivity contribution is 14.1. The highest BCUT2D eigenvalue weighted by atomic mass is 127. The first-order chi connectivity index (χ1) is 16.0. The molecule has 1 unspecified atom stereocenters. The van der Waals surface area contributed by atoms with E-state index in [4.69, 9.17) is 4.74 Å². The SMILES string of the molecule is CC(c1nc(I)nn1-c1ccc(C(=O)N2CCOCC2)cn1)N1C(=O)c2ccccc2C1=O. The minimum Gasteiger partial charge on any atom is -0.378 e. The number of hydrogen-bond donors (Lipinski definition) is 0. The number of rotatable bonds is 4. The van der Waals surface area contributed by atoms with E-state index < -0.39 is 6.04 Å². The minimum atomic E-state index is -0.676. The summed E-state index contributed by atoms with van der Waals surface area (Å²) in [4.78, 5) is 50.3. The lowest BCUT2D eigenvalue weighted by molar-refractivity contribution is 0.0302. The molecule has 1 atom stereocenters. The van der Waals surface area contributed by atoms with Gasteiger partial charge in [0.05, 0.1) is 35.9 Å². The van der Waals surface area contributed by atoms with E-state index >= 15 is 0 Å². The van der Waals surface area contributed by atoms with Crippen molar-refractivity contribution in [1.29, 1.82) is 0 Å². The summed E-state index contributed by atoms with van der Waals surface area (Å²) in [6.45, 7) is 3.86. The molecule has 3 aromatic rings. The van der Waals surface area contributed by atoms with Crippen LogP contribution in [0.25, 0.3) is 5.82 Å². The van der Waals surface area contributed by atoms with Gasteiger partial charge in [-0.3, -0.25) is 19.3 Å². The molecule has 0 aliphatic carbocycles. The summed E-state index contributed by atoms with van der Waals surface area (Å²) in [5.41, 5.74) is 1.21. The third kappa shape index (κ3) is 3.80. The average molecular weight is 558 g/mol. The molecule has 1 saturated heterocycles. The molecule has 0 radical (unpaired) electrons. The smallest absolute Gasteiger partial charge is 0.262 e. The zero-order valence-corrected chi connectivity index (χ0v) is 19.8. The van der Waals surface area contributed by atoms with Crippen LogP contribution < -0.4 is 0 Å². The van der Waals surface area contributed by atoms with Crippen LogP contribution in [0.1, 0.15) is 49.9 Å². The molecule has 5 rings (SSSR count). The van der Waals surface area contributed by atoms with Crippen LogP contribution in [0, 0.1) is 3.83 Å². The van der Waals surface area contributed by atoms with Crippen molar-refractivity contribution in [3.8, 4) is 5.82 Å². The van der Waals surface area contributed by atoms with Gasteiger partial charge in [0, 0.05) is 41.9 Å². The summed E-state index contributed by atoms with van der Waals surface area (Å²) in [5, 5.41) is 4.41. The topological polar surface area (TPSA) is 111 Å². The first-order valence-corrected chi connectivity index (χ1v) is 11.5. The maximum atomic E-state index is 12.9. The molecule has 10 nitrogen and oxygen atoms in total. The van der Waals surface area contributed by atoms with Crippen molar-refractivity contribution in [3.63, 3.8) is 0 Å². The summed E-state index contributed by atoms with van der Waals surface area (Å²) in [7, 11) is 0. The Bertz CT molecular complexity index is 1220. The number of nitrogens with zero attached hydrogens (tertiary/aromatic N) is 6. The molecule has 3 amide bonds. The Balaban J connectivity index is 1.43. The van der Waals surface area contributed by atoms with Gasteiger partial charge in [0.1, 0.15) is 0 Å². The molecule has 4 heterocycles. The second kappa shape index (κ2) is 8.63. The average Bonchev–Trinajstić information content (AvgIpc) is 3.36. The van der Waals surface area contributed by atoms with Gasteiger partial charge in [0.25, 0.3) is 17.7 Å². The number of aromatic nitrogens is 4. The largest absolute Gasteiger partial charge is 0.378 e. The van der Waals surface area contributed by atoms with Crippen LogP contribution in [0.2, 0.25) is 0 Å². The fourth-order valence-electron chi connectivity index (χ4n) is 4.00. The van der Waals surface area contributed by atoms with Crippen LogP contribution in [0.3, 0.4) is 0 Å². The summed E-state index contributed by atoms with van der Waals surface area (Å²) >= 11 is 1.97. The van der Waals surface area contributed by atoms with Gasteiger partial charge in [-0.05, 0) is 31.2 Å². The van der Waals surface area contributed by atoms with Gasteiger partial charge in [0.2, 0.25) is 3.83 Å². The molecule has 2 aliphatic rings. The van der Waals surface area contributed by atoms with Gasteiger partial charge >= 0.3 is 0 Å². The summed E-state index contributed by atoms with van der Waals surface area (Å²) in [5.74, 6) is -0.0136. The zero-order chi connectivity index (χ0) is 23.1. The molecule has 11 heteroatoms. The van der Waals surface area contributed by atoms with E-state index in [-0.39, 0.29) is 17.7 Å². The molecule has 1 aromatic carbocycles. The predicted molar refractivity (Wildman–Crippen MR) is 124 cm³/mol. The van der Waals surface area contributed by atoms with Crippen molar-refractivity contribution >= 4 is 40.3 Å². The maximum Gasteiger partial charge on any atom is 0.262 e. The molecule has 0 bridgehead atoms. The van der Waals surface area contributed by atoms with Crippen LogP contribution >= 0.6 is 22.6 Å². The molecular weight excluding hydrogens is 539 g/mol. The lowest BCUT2D eigenvalue weighted by Crippen LogP contribution is -2.40. The van der Waals surface area contributed by atoms with Crippen molar-refractivity contribution < 1.29 is 19.1 Å². The number of imide groups is 1. The van der Waals surface area contributed by atoms with E-state index in [1.54, 1.807) is 48.2 Å². The quantitative estimate of drug-likeness (QED) is 0.356. The molecule has 1 fully saturated rings. The van der Waals surface area contributed by atoms with Crippen molar-refractivity contribution in [1.82, 2.24) is 29.5 Å². The zero-order valence-electron chi connectivity index (χ0n) is 17.6. The molecule has 0 saturated carbocycles. The summed E-state index contributed by atoms with van der Waals surface area (Å²) in [6.07, 6.45) is 1.50.